The van der Waals surface area contributed by atoms with Gasteiger partial charge in [-0.05, 0) is 43.1 Å². The minimum absolute atomic E-state index is 0.134. The Bertz CT molecular complexity index is 3260. The van der Waals surface area contributed by atoms with Crippen molar-refractivity contribution in [3.05, 3.63) is 52.6 Å². The Labute approximate surface area is 550 Å². The summed E-state index contributed by atoms with van der Waals surface area (Å²) in [5, 5.41) is 61.9. The molecule has 3 saturated heterocycles. The predicted octanol–water partition coefficient (Wildman–Crippen LogP) is 0.0872. The molecule has 5 heterocycles. The molecule has 534 valence electrons. The van der Waals surface area contributed by atoms with E-state index in [1.807, 2.05) is 19.9 Å². The first-order chi connectivity index (χ1) is 44.6. The fourth-order valence-corrected chi connectivity index (χ4v) is 14.5. The fourth-order valence-electron chi connectivity index (χ4n) is 12.3. The van der Waals surface area contributed by atoms with Crippen molar-refractivity contribution in [2.24, 2.45) is 23.7 Å². The molecule has 3 aliphatic rings. The molecule has 1 aromatic carbocycles. The zero-order valence-electron chi connectivity index (χ0n) is 55.4. The Morgan fingerprint density at radius 1 is 0.863 bits per heavy atom. The number of H-pyrrole nitrogens is 1. The van der Waals surface area contributed by atoms with Crippen molar-refractivity contribution in [1.82, 2.24) is 50.2 Å². The molecule has 95 heavy (non-hydrogen) atoms. The summed E-state index contributed by atoms with van der Waals surface area (Å²) in [6.45, 7) is 13.0. The number of amides is 6. The van der Waals surface area contributed by atoms with Crippen molar-refractivity contribution in [1.29, 1.82) is 0 Å². The van der Waals surface area contributed by atoms with Crippen LogP contribution in [0.3, 0.4) is 0 Å². The smallest absolute Gasteiger partial charge is 0.390 e. The molecule has 3 aliphatic heterocycles. The summed E-state index contributed by atoms with van der Waals surface area (Å²) >= 11 is 0. The van der Waals surface area contributed by atoms with Gasteiger partial charge in [-0.15, -0.1) is 0 Å². The maximum atomic E-state index is 14.8. The number of rotatable bonds is 33. The van der Waals surface area contributed by atoms with Gasteiger partial charge in [0.15, 0.2) is 23.7 Å². The number of aliphatic hydroxyl groups is 5. The number of methoxy groups -OCH3 is 2. The molecule has 2 aromatic heterocycles. The zero-order chi connectivity index (χ0) is 70.7. The number of aliphatic hydroxyl groups excluding tert-OH is 5. The molecule has 34 nitrogen and oxygen atoms in total. The number of phosphoric acid groups is 2. The van der Waals surface area contributed by atoms with Crippen LogP contribution in [0.4, 0.5) is 5.95 Å². The average Bonchev–Trinajstić information content (AvgIpc) is 1.64. The van der Waals surface area contributed by atoms with Gasteiger partial charge in [0.25, 0.3) is 5.56 Å². The van der Waals surface area contributed by atoms with Crippen LogP contribution >= 0.6 is 15.6 Å². The first-order valence-electron chi connectivity index (χ1n) is 31.5. The van der Waals surface area contributed by atoms with Crippen LogP contribution in [0.25, 0.3) is 11.2 Å². The average molecular weight is 1390 g/mol. The van der Waals surface area contributed by atoms with Crippen molar-refractivity contribution in [3.8, 4) is 0 Å². The van der Waals surface area contributed by atoms with E-state index in [1.165, 1.54) is 26.2 Å². The summed E-state index contributed by atoms with van der Waals surface area (Å²) in [5.41, 5.74) is 5.21. The Morgan fingerprint density at radius 3 is 2.16 bits per heavy atom. The lowest BCUT2D eigenvalue weighted by Crippen LogP contribution is -2.60. The number of aromatic nitrogens is 4. The quantitative estimate of drug-likeness (QED) is 0.0360. The number of nitrogens with zero attached hydrogens (tertiary/aromatic N) is 6. The van der Waals surface area contributed by atoms with Gasteiger partial charge >= 0.3 is 15.6 Å². The molecular weight excluding hydrogens is 1290 g/mol. The Balaban J connectivity index is 0.995. The van der Waals surface area contributed by atoms with E-state index >= 15 is 0 Å². The molecule has 0 aliphatic carbocycles. The van der Waals surface area contributed by atoms with Gasteiger partial charge in [-0.25, -0.2) is 14.1 Å². The second-order valence-corrected chi connectivity index (χ2v) is 28.1. The monoisotopic (exact) mass is 1390 g/mol. The van der Waals surface area contributed by atoms with Crippen LogP contribution in [0.15, 0.2) is 41.5 Å². The van der Waals surface area contributed by atoms with Crippen molar-refractivity contribution in [3.63, 3.8) is 0 Å². The van der Waals surface area contributed by atoms with Gasteiger partial charge in [0.2, 0.25) is 41.4 Å². The highest BCUT2D eigenvalue weighted by atomic mass is 31.3. The third-order valence-electron chi connectivity index (χ3n) is 17.7. The molecule has 0 spiro atoms. The van der Waals surface area contributed by atoms with Crippen LogP contribution < -0.4 is 27.2 Å². The fraction of sp³-hybridized carbons (Fsp3) is 0.712. The lowest BCUT2D eigenvalue weighted by molar-refractivity contribution is -0.224. The number of aromatic amines is 1. The minimum Gasteiger partial charge on any atom is -0.390 e. The Hall–Kier alpha value is -5.91. The third-order valence-corrected chi connectivity index (χ3v) is 20.3. The van der Waals surface area contributed by atoms with Gasteiger partial charge in [0, 0.05) is 60.7 Å². The summed E-state index contributed by atoms with van der Waals surface area (Å²) < 4.78 is 64.1. The van der Waals surface area contributed by atoms with E-state index in [1.54, 1.807) is 77.8 Å². The van der Waals surface area contributed by atoms with Crippen LogP contribution in [0.2, 0.25) is 0 Å². The number of carbonyl (C=O) groups excluding carboxylic acids is 6. The van der Waals surface area contributed by atoms with Crippen LogP contribution in [0.1, 0.15) is 118 Å². The van der Waals surface area contributed by atoms with Crippen molar-refractivity contribution in [2.45, 2.75) is 198 Å². The lowest BCUT2D eigenvalue weighted by Gasteiger charge is -2.41. The normalized spacial score (nSPS) is 25.7. The number of phosphoric ester groups is 2. The highest BCUT2D eigenvalue weighted by Gasteiger charge is 2.49. The third kappa shape index (κ3) is 19.7. The molecule has 3 fully saturated rings. The van der Waals surface area contributed by atoms with Crippen LogP contribution in [0, 0.1) is 23.7 Å². The van der Waals surface area contributed by atoms with E-state index in [9.17, 15) is 78.0 Å². The number of fused-ring (bicyclic) bond motifs is 1. The van der Waals surface area contributed by atoms with Gasteiger partial charge in [-0.1, -0.05) is 85.2 Å². The summed E-state index contributed by atoms with van der Waals surface area (Å²) in [5.74, 6) is -5.43. The van der Waals surface area contributed by atoms with Crippen molar-refractivity contribution in [2.75, 3.05) is 53.7 Å². The highest BCUT2D eigenvalue weighted by Crippen LogP contribution is 2.61. The van der Waals surface area contributed by atoms with Gasteiger partial charge in [0.1, 0.15) is 42.6 Å². The molecule has 36 heteroatoms. The van der Waals surface area contributed by atoms with E-state index in [4.69, 9.17) is 33.7 Å². The molecule has 13 N–H and O–H groups in total. The Kier molecular flexibility index (Phi) is 28.0. The molecule has 0 saturated carbocycles. The van der Waals surface area contributed by atoms with Gasteiger partial charge in [0.05, 0.1) is 67.8 Å². The van der Waals surface area contributed by atoms with Gasteiger partial charge < -0.3 is 90.7 Å². The zero-order valence-corrected chi connectivity index (χ0v) is 57.2. The summed E-state index contributed by atoms with van der Waals surface area (Å²) in [6.07, 6.45) is -14.9. The van der Waals surface area contributed by atoms with E-state index in [0.29, 0.717) is 31.4 Å². The number of benzene rings is 1. The molecule has 6 rings (SSSR count). The first-order valence-corrected chi connectivity index (χ1v) is 34.5. The Morgan fingerprint density at radius 2 is 1.54 bits per heavy atom. The second kappa shape index (κ2) is 34.0. The van der Waals surface area contributed by atoms with E-state index in [2.05, 4.69) is 35.2 Å². The van der Waals surface area contributed by atoms with Crippen LogP contribution in [-0.2, 0) is 70.2 Å². The highest BCUT2D eigenvalue weighted by molar-refractivity contribution is 7.61. The molecule has 6 unspecified atom stereocenters. The van der Waals surface area contributed by atoms with Crippen LogP contribution in [0.5, 0.6) is 0 Å². The van der Waals surface area contributed by atoms with E-state index < -0.39 is 193 Å². The van der Waals surface area contributed by atoms with Gasteiger partial charge in [-0.3, -0.25) is 52.2 Å². The van der Waals surface area contributed by atoms with Gasteiger partial charge in [-0.2, -0.15) is 9.29 Å². The molecule has 6 amide bonds. The number of anilines is 1. The number of ether oxygens (including phenoxy) is 4. The number of carbonyl (C=O) groups is 6. The maximum Gasteiger partial charge on any atom is 0.483 e. The number of nitrogen functional groups attached to an aromatic ring is 1. The lowest BCUT2D eigenvalue weighted by atomic mass is 9.89. The number of nitrogens with two attached hydrogens (primary N) is 1. The number of likely N-dealkylation sites (N-methyl/N-ethyl adjacent to an activating group) is 2. The maximum absolute atomic E-state index is 14.8. The number of imidazole rings is 1. The molecule has 20 atom stereocenters. The number of nitrogens with one attached hydrogen (secondary N) is 4. The summed E-state index contributed by atoms with van der Waals surface area (Å²) in [4.78, 5) is 132. The van der Waals surface area contributed by atoms with Crippen molar-refractivity contribution >= 4 is 68.2 Å². The van der Waals surface area contributed by atoms with Crippen LogP contribution in [-0.4, -0.2) is 238 Å². The van der Waals surface area contributed by atoms with Crippen molar-refractivity contribution < 1.29 is 106 Å². The number of likely N-dealkylation sites (tertiary alicyclic amines) is 1. The standard InChI is InChI=1S/C59H95N11O23P2/c1-13-31(6)47(37(87-11)25-42(74)69-23-17-20-35(69)52(88-12)32(7)54(79)63-33(8)48(75)34-18-15-14-16-19-34)68(10)57(82)44(29(2)3)64-56(81)46(30(4)5)67(9)41(73)22-21-40(72)61-26-38-49(76)36(71)24-43(90-38)92-95(85,86)93-94(83,84)89-27-39-50(77)51(78)58(91-39)70-28-62-45-53(70)65-59(60)66-55(45)80/h14-16,18-19,28-33,35-39,43-44,46-52,58,71,75-78H,13,17,20-27H2,1-12H3,(H,61,72)(H,63,79)(H,64,81)(H,83,84)(H,85,86)(H3,60,65,66,80)/t31-,32+,33+,35-,36?,37+,38?,39+,43+,44-,46-,47-,48+,49-,50?,51?,52+,58+/m0/s1. The predicted molar refractivity (Wildman–Crippen MR) is 337 cm³/mol. The second-order valence-electron chi connectivity index (χ2n) is 25.1. The number of hydrogen-bond acceptors (Lipinski definition) is 24. The minimum atomic E-state index is -5.67. The first kappa shape index (κ1) is 78.1. The molecule has 0 radical (unpaired) electrons. The molecule has 0 bridgehead atoms. The molecular formula is C59H95N11O23P2. The van der Waals surface area contributed by atoms with E-state index in [0.717, 1.165) is 15.8 Å². The molecule has 3 aromatic rings. The largest absolute Gasteiger partial charge is 0.483 e. The SMILES string of the molecule is CC[C@H](C)[C@@H]([C@@H](CC(=O)N1CCC[C@H]1[C@H](OC)[C@@H](C)C(=O)N[C@H](C)[C@@H](O)c1ccccc1)OC)N(C)C(=O)[C@@H](NC(=O)[C@H](C(C)C)N(C)C(=O)CCC(=O)NCC1O[C@H](OP(=O)(O)OP(=O)(O)OC[C@H]2O[C@@H](n3cnc4c(=O)[nH]c(N)nc43)C(O)C2O)CC(O)[C@@H]1O)C(C)C. The summed E-state index contributed by atoms with van der Waals surface area (Å²) in [6, 6.07) is 4.92. The van der Waals surface area contributed by atoms with E-state index in [-0.39, 0.29) is 41.3 Å². The topological polar surface area (TPSA) is 478 Å². The summed E-state index contributed by atoms with van der Waals surface area (Å²) in [7, 11) is -5.36. The number of hydrogen-bond donors (Lipinski definition) is 12.